The van der Waals surface area contributed by atoms with Crippen LogP contribution in [0.4, 0.5) is 0 Å². The Morgan fingerprint density at radius 2 is 2.08 bits per heavy atom. The number of hydrogen-bond donors (Lipinski definition) is 2. The fourth-order valence-corrected chi connectivity index (χ4v) is 3.23. The van der Waals surface area contributed by atoms with Crippen molar-refractivity contribution >= 4 is 11.9 Å². The van der Waals surface area contributed by atoms with E-state index in [1.807, 2.05) is 12.1 Å². The molecule has 3 rings (SSSR count). The van der Waals surface area contributed by atoms with Crippen molar-refractivity contribution in [1.29, 1.82) is 0 Å². The number of aromatic nitrogens is 2. The quantitative estimate of drug-likeness (QED) is 0.811. The van der Waals surface area contributed by atoms with Crippen molar-refractivity contribution in [3.8, 4) is 11.5 Å². The zero-order chi connectivity index (χ0) is 18.7. The first-order chi connectivity index (χ1) is 12.5. The van der Waals surface area contributed by atoms with Gasteiger partial charge in [-0.25, -0.2) is 9.78 Å². The predicted molar refractivity (Wildman–Crippen MR) is 92.2 cm³/mol. The third kappa shape index (κ3) is 3.35. The van der Waals surface area contributed by atoms with Crippen LogP contribution in [0.15, 0.2) is 24.5 Å². The van der Waals surface area contributed by atoms with Crippen molar-refractivity contribution < 1.29 is 24.2 Å². The molecule has 138 valence electrons. The van der Waals surface area contributed by atoms with Gasteiger partial charge in [0, 0.05) is 25.1 Å². The van der Waals surface area contributed by atoms with E-state index in [1.54, 1.807) is 20.3 Å². The van der Waals surface area contributed by atoms with Crippen molar-refractivity contribution in [1.82, 2.24) is 14.9 Å². The average Bonchev–Trinajstić information content (AvgIpc) is 3.13. The molecule has 0 saturated heterocycles. The molecule has 2 N–H and O–H groups in total. The number of ether oxygens (including phenoxy) is 2. The van der Waals surface area contributed by atoms with E-state index >= 15 is 0 Å². The van der Waals surface area contributed by atoms with Crippen molar-refractivity contribution in [2.24, 2.45) is 0 Å². The van der Waals surface area contributed by atoms with Gasteiger partial charge in [0.05, 0.1) is 26.2 Å². The van der Waals surface area contributed by atoms with Crippen LogP contribution in [0, 0.1) is 0 Å². The van der Waals surface area contributed by atoms with Crippen LogP contribution >= 0.6 is 0 Å². The predicted octanol–water partition coefficient (Wildman–Crippen LogP) is 1.57. The Labute approximate surface area is 150 Å². The molecular formula is C18H21N3O5. The lowest BCUT2D eigenvalue weighted by Gasteiger charge is -2.32. The van der Waals surface area contributed by atoms with Crippen molar-refractivity contribution in [3.05, 3.63) is 41.5 Å². The van der Waals surface area contributed by atoms with Crippen molar-refractivity contribution in [2.45, 2.75) is 25.3 Å². The van der Waals surface area contributed by atoms with Gasteiger partial charge in [-0.15, -0.1) is 0 Å². The largest absolute Gasteiger partial charge is 0.493 e. The summed E-state index contributed by atoms with van der Waals surface area (Å²) in [6.07, 6.45) is 2.73. The van der Waals surface area contributed by atoms with Gasteiger partial charge in [0.15, 0.2) is 17.5 Å². The summed E-state index contributed by atoms with van der Waals surface area (Å²) in [5, 5.41) is 9.56. The second-order valence-corrected chi connectivity index (χ2v) is 6.03. The molecule has 1 aromatic heterocycles. The first kappa shape index (κ1) is 17.8. The highest BCUT2D eigenvalue weighted by Crippen LogP contribution is 2.30. The number of carbonyl (C=O) groups excluding carboxylic acids is 1. The number of aliphatic carboxylic acids is 1. The van der Waals surface area contributed by atoms with Gasteiger partial charge in [-0.1, -0.05) is 6.07 Å². The van der Waals surface area contributed by atoms with Gasteiger partial charge in [-0.3, -0.25) is 4.79 Å². The van der Waals surface area contributed by atoms with Gasteiger partial charge in [-0.05, 0) is 24.1 Å². The third-order valence-electron chi connectivity index (χ3n) is 4.55. The average molecular weight is 359 g/mol. The molecule has 1 atom stereocenters. The minimum atomic E-state index is -1.07. The van der Waals surface area contributed by atoms with E-state index < -0.39 is 12.0 Å². The number of methoxy groups -OCH3 is 2. The monoisotopic (exact) mass is 359 g/mol. The zero-order valence-electron chi connectivity index (χ0n) is 14.7. The lowest BCUT2D eigenvalue weighted by molar-refractivity contribution is -0.151. The van der Waals surface area contributed by atoms with E-state index in [0.717, 1.165) is 11.3 Å². The number of nitrogens with zero attached hydrogens (tertiary/aromatic N) is 2. The molecule has 0 saturated carbocycles. The van der Waals surface area contributed by atoms with Gasteiger partial charge in [-0.2, -0.15) is 0 Å². The molecule has 0 spiro atoms. The number of H-pyrrole nitrogens is 1. The molecule has 1 amide bonds. The number of nitrogens with one attached hydrogen (secondary N) is 1. The standard InChI is InChI=1S/C18H21N3O5/c1-25-13-5-3-11(9-14(13)26-2)4-6-15(22)21-8-7-12-16(20-10-19-12)17(21)18(23)24/h3,5,9-10,17H,4,6-8H2,1-2H3,(H,19,20)(H,23,24). The number of hydrogen-bond acceptors (Lipinski definition) is 5. The summed E-state index contributed by atoms with van der Waals surface area (Å²) in [6.45, 7) is 0.358. The van der Waals surface area contributed by atoms with Crippen LogP contribution in [0.2, 0.25) is 0 Å². The molecule has 1 aliphatic heterocycles. The molecule has 8 heteroatoms. The maximum Gasteiger partial charge on any atom is 0.332 e. The van der Waals surface area contributed by atoms with E-state index in [-0.39, 0.29) is 12.3 Å². The summed E-state index contributed by atoms with van der Waals surface area (Å²) in [7, 11) is 3.12. The van der Waals surface area contributed by atoms with Crippen molar-refractivity contribution in [3.63, 3.8) is 0 Å². The SMILES string of the molecule is COc1ccc(CCC(=O)N2CCc3[nH]cnc3C2C(=O)O)cc1OC. The molecule has 0 aliphatic carbocycles. The molecule has 1 unspecified atom stereocenters. The van der Waals surface area contributed by atoms with Crippen LogP contribution in [0.25, 0.3) is 0 Å². The van der Waals surface area contributed by atoms with Gasteiger partial charge in [0.2, 0.25) is 5.91 Å². The number of rotatable bonds is 6. The number of carboxylic acid groups (broad SMARTS) is 1. The molecule has 0 bridgehead atoms. The van der Waals surface area contributed by atoms with Gasteiger partial charge in [0.1, 0.15) is 0 Å². The maximum atomic E-state index is 12.7. The lowest BCUT2D eigenvalue weighted by atomic mass is 10.0. The minimum Gasteiger partial charge on any atom is -0.493 e. The van der Waals surface area contributed by atoms with E-state index in [9.17, 15) is 14.7 Å². The second-order valence-electron chi connectivity index (χ2n) is 6.03. The summed E-state index contributed by atoms with van der Waals surface area (Å²) in [5.41, 5.74) is 2.12. The fraction of sp³-hybridized carbons (Fsp3) is 0.389. The van der Waals surface area contributed by atoms with Crippen LogP contribution in [-0.2, 0) is 22.4 Å². The van der Waals surface area contributed by atoms with Crippen LogP contribution in [0.5, 0.6) is 11.5 Å². The zero-order valence-corrected chi connectivity index (χ0v) is 14.7. The Morgan fingerprint density at radius 1 is 1.31 bits per heavy atom. The van der Waals surface area contributed by atoms with Crippen molar-refractivity contribution in [2.75, 3.05) is 20.8 Å². The highest BCUT2D eigenvalue weighted by molar-refractivity contribution is 5.85. The number of carboxylic acids is 1. The minimum absolute atomic E-state index is 0.207. The van der Waals surface area contributed by atoms with E-state index in [0.29, 0.717) is 36.6 Å². The Bertz CT molecular complexity index is 817. The van der Waals surface area contributed by atoms with Crippen LogP contribution in [0.1, 0.15) is 29.4 Å². The summed E-state index contributed by atoms with van der Waals surface area (Å²) < 4.78 is 10.5. The number of benzene rings is 1. The lowest BCUT2D eigenvalue weighted by Crippen LogP contribution is -2.43. The number of imidazole rings is 1. The third-order valence-corrected chi connectivity index (χ3v) is 4.55. The topological polar surface area (TPSA) is 105 Å². The molecule has 1 aliphatic rings. The molecule has 2 heterocycles. The van der Waals surface area contributed by atoms with Crippen LogP contribution in [-0.4, -0.2) is 52.6 Å². The molecule has 2 aromatic rings. The number of aromatic amines is 1. The summed E-state index contributed by atoms with van der Waals surface area (Å²) in [6, 6.07) is 4.44. The highest BCUT2D eigenvalue weighted by Gasteiger charge is 2.37. The first-order valence-corrected chi connectivity index (χ1v) is 8.30. The Hall–Kier alpha value is -3.03. The van der Waals surface area contributed by atoms with E-state index in [2.05, 4.69) is 9.97 Å². The Kier molecular flexibility index (Phi) is 5.11. The first-order valence-electron chi connectivity index (χ1n) is 8.30. The van der Waals surface area contributed by atoms with E-state index in [1.165, 1.54) is 11.2 Å². The molecule has 1 aromatic carbocycles. The maximum absolute atomic E-state index is 12.7. The highest BCUT2D eigenvalue weighted by atomic mass is 16.5. The summed E-state index contributed by atoms with van der Waals surface area (Å²) >= 11 is 0. The molecule has 26 heavy (non-hydrogen) atoms. The van der Waals surface area contributed by atoms with Gasteiger partial charge < -0.3 is 24.5 Å². The molecular weight excluding hydrogens is 338 g/mol. The second kappa shape index (κ2) is 7.47. The normalized spacial score (nSPS) is 16.1. The molecule has 0 fully saturated rings. The summed E-state index contributed by atoms with van der Waals surface area (Å²) in [5.74, 6) is -0.0611. The number of amides is 1. The van der Waals surface area contributed by atoms with Crippen LogP contribution < -0.4 is 9.47 Å². The van der Waals surface area contributed by atoms with E-state index in [4.69, 9.17) is 9.47 Å². The summed E-state index contributed by atoms with van der Waals surface area (Å²) in [4.78, 5) is 32.8. The molecule has 0 radical (unpaired) electrons. The van der Waals surface area contributed by atoms with Crippen LogP contribution in [0.3, 0.4) is 0 Å². The number of carbonyl (C=O) groups is 2. The molecule has 8 nitrogen and oxygen atoms in total. The van der Waals surface area contributed by atoms with Gasteiger partial charge in [0.25, 0.3) is 0 Å². The fourth-order valence-electron chi connectivity index (χ4n) is 3.23. The van der Waals surface area contributed by atoms with Gasteiger partial charge >= 0.3 is 5.97 Å². The Balaban J connectivity index is 1.71. The number of aryl methyl sites for hydroxylation is 1. The smallest absolute Gasteiger partial charge is 0.332 e. The Morgan fingerprint density at radius 3 is 2.77 bits per heavy atom. The number of fused-ring (bicyclic) bond motifs is 1.